The smallest absolute Gasteiger partial charge is 0.227 e. The number of alkyl halides is 1. The van der Waals surface area contributed by atoms with E-state index in [4.69, 9.17) is 16.3 Å². The van der Waals surface area contributed by atoms with Crippen molar-refractivity contribution in [2.45, 2.75) is 33.7 Å². The third kappa shape index (κ3) is 1.88. The first-order valence-corrected chi connectivity index (χ1v) is 6.81. The Balaban J connectivity index is 2.10. The van der Waals surface area contributed by atoms with Crippen molar-refractivity contribution in [2.24, 2.45) is 16.7 Å². The van der Waals surface area contributed by atoms with E-state index in [1.54, 1.807) is 0 Å². The summed E-state index contributed by atoms with van der Waals surface area (Å²) in [6.45, 7) is 10.6. The minimum atomic E-state index is 0.0464. The van der Waals surface area contributed by atoms with Crippen LogP contribution in [0.4, 0.5) is 0 Å². The molecule has 1 amide bonds. The van der Waals surface area contributed by atoms with Gasteiger partial charge in [0.25, 0.3) is 0 Å². The Morgan fingerprint density at radius 2 is 1.94 bits per heavy atom. The largest absolute Gasteiger partial charge is 0.377 e. The van der Waals surface area contributed by atoms with Gasteiger partial charge in [0.2, 0.25) is 5.91 Å². The van der Waals surface area contributed by atoms with Gasteiger partial charge in [-0.25, -0.2) is 0 Å². The highest BCUT2D eigenvalue weighted by Crippen LogP contribution is 2.68. The van der Waals surface area contributed by atoms with Gasteiger partial charge in [0.05, 0.1) is 19.3 Å². The van der Waals surface area contributed by atoms with Crippen molar-refractivity contribution >= 4 is 17.5 Å². The minimum Gasteiger partial charge on any atom is -0.377 e. The molecule has 4 heteroatoms. The average molecular weight is 260 g/mol. The molecule has 0 bridgehead atoms. The van der Waals surface area contributed by atoms with Gasteiger partial charge >= 0.3 is 0 Å². The number of nitrogens with zero attached hydrogens (tertiary/aromatic N) is 1. The molecule has 3 nitrogen and oxygen atoms in total. The predicted molar refractivity (Wildman–Crippen MR) is 68.1 cm³/mol. The first-order chi connectivity index (χ1) is 7.84. The lowest BCUT2D eigenvalue weighted by Gasteiger charge is -2.35. The number of hydrogen-bond donors (Lipinski definition) is 0. The Morgan fingerprint density at radius 1 is 1.35 bits per heavy atom. The van der Waals surface area contributed by atoms with Gasteiger partial charge in [-0.2, -0.15) is 0 Å². The van der Waals surface area contributed by atoms with E-state index < -0.39 is 0 Å². The molecule has 1 aliphatic heterocycles. The summed E-state index contributed by atoms with van der Waals surface area (Å²) in [5.74, 6) is 0.840. The zero-order valence-corrected chi connectivity index (χ0v) is 11.9. The molecule has 2 fully saturated rings. The maximum Gasteiger partial charge on any atom is 0.227 e. The van der Waals surface area contributed by atoms with Crippen molar-refractivity contribution in [3.05, 3.63) is 0 Å². The number of morpholine rings is 1. The summed E-state index contributed by atoms with van der Waals surface area (Å²) < 4.78 is 5.38. The van der Waals surface area contributed by atoms with Gasteiger partial charge < -0.3 is 9.64 Å². The van der Waals surface area contributed by atoms with Crippen molar-refractivity contribution < 1.29 is 9.53 Å². The van der Waals surface area contributed by atoms with Crippen molar-refractivity contribution in [3.63, 3.8) is 0 Å². The number of amides is 1. The molecule has 1 unspecified atom stereocenters. The van der Waals surface area contributed by atoms with Gasteiger partial charge in [-0.3, -0.25) is 4.79 Å². The number of halogens is 1. The fourth-order valence-corrected chi connectivity index (χ4v) is 3.31. The molecule has 0 spiro atoms. The normalized spacial score (nSPS) is 31.4. The van der Waals surface area contributed by atoms with E-state index in [1.807, 2.05) is 4.90 Å². The second-order valence-electron chi connectivity index (χ2n) is 6.29. The van der Waals surface area contributed by atoms with Gasteiger partial charge in [0.15, 0.2) is 0 Å². The molecule has 0 radical (unpaired) electrons. The van der Waals surface area contributed by atoms with Gasteiger partial charge in [-0.15, -0.1) is 11.6 Å². The third-order valence-electron chi connectivity index (χ3n) is 4.96. The molecule has 1 aliphatic carbocycles. The first-order valence-electron chi connectivity index (χ1n) is 6.28. The highest BCUT2D eigenvalue weighted by Gasteiger charge is 2.69. The zero-order valence-electron chi connectivity index (χ0n) is 11.1. The van der Waals surface area contributed by atoms with Crippen LogP contribution in [-0.2, 0) is 9.53 Å². The van der Waals surface area contributed by atoms with E-state index in [-0.39, 0.29) is 28.7 Å². The van der Waals surface area contributed by atoms with Crippen LogP contribution in [0, 0.1) is 16.7 Å². The zero-order chi connectivity index (χ0) is 12.8. The number of rotatable bonds is 2. The van der Waals surface area contributed by atoms with Gasteiger partial charge in [-0.05, 0) is 10.8 Å². The van der Waals surface area contributed by atoms with Crippen LogP contribution in [0.15, 0.2) is 0 Å². The topological polar surface area (TPSA) is 29.5 Å². The molecule has 1 saturated carbocycles. The molecule has 1 saturated heterocycles. The summed E-state index contributed by atoms with van der Waals surface area (Å²) >= 11 is 5.91. The maximum atomic E-state index is 12.6. The Bertz CT molecular complexity index is 313. The summed E-state index contributed by atoms with van der Waals surface area (Å²) in [5, 5.41) is 0. The van der Waals surface area contributed by atoms with Crippen LogP contribution in [0.5, 0.6) is 0 Å². The van der Waals surface area contributed by atoms with E-state index in [9.17, 15) is 4.79 Å². The molecule has 1 atom stereocenters. The lowest BCUT2D eigenvalue weighted by atomic mass is 10.0. The van der Waals surface area contributed by atoms with E-state index in [2.05, 4.69) is 27.7 Å². The van der Waals surface area contributed by atoms with Crippen LogP contribution in [0.1, 0.15) is 27.7 Å². The second kappa shape index (κ2) is 4.13. The highest BCUT2D eigenvalue weighted by atomic mass is 35.5. The quantitative estimate of drug-likeness (QED) is 0.711. The molecule has 0 aromatic rings. The lowest BCUT2D eigenvalue weighted by molar-refractivity contribution is -0.141. The Kier molecular flexibility index (Phi) is 3.20. The first kappa shape index (κ1) is 13.2. The number of carbonyl (C=O) groups excluding carboxylic acids is 1. The Labute approximate surface area is 108 Å². The van der Waals surface area contributed by atoms with Gasteiger partial charge in [0.1, 0.15) is 0 Å². The lowest BCUT2D eigenvalue weighted by Crippen LogP contribution is -2.50. The predicted octanol–water partition coefficient (Wildman–Crippen LogP) is 2.13. The average Bonchev–Trinajstić information content (AvgIpc) is 2.68. The molecule has 2 rings (SSSR count). The molecule has 98 valence electrons. The fraction of sp³-hybridized carbons (Fsp3) is 0.923. The summed E-state index contributed by atoms with van der Waals surface area (Å²) in [7, 11) is 0. The number of hydrogen-bond acceptors (Lipinski definition) is 2. The van der Waals surface area contributed by atoms with Crippen LogP contribution < -0.4 is 0 Å². The van der Waals surface area contributed by atoms with Crippen LogP contribution in [0.2, 0.25) is 0 Å². The molecule has 17 heavy (non-hydrogen) atoms. The van der Waals surface area contributed by atoms with Crippen LogP contribution >= 0.6 is 11.6 Å². The van der Waals surface area contributed by atoms with Crippen molar-refractivity contribution in [1.29, 1.82) is 0 Å². The molecule has 0 aromatic heterocycles. The third-order valence-corrected chi connectivity index (χ3v) is 5.31. The summed E-state index contributed by atoms with van der Waals surface area (Å²) in [5.41, 5.74) is 0.193. The molecule has 2 aliphatic rings. The molecule has 0 aromatic carbocycles. The molecular formula is C13H22ClNO2. The number of ether oxygens (including phenoxy) is 1. The molecule has 1 heterocycles. The van der Waals surface area contributed by atoms with E-state index in [0.29, 0.717) is 25.6 Å². The van der Waals surface area contributed by atoms with Gasteiger partial charge in [-0.1, -0.05) is 27.7 Å². The van der Waals surface area contributed by atoms with Crippen molar-refractivity contribution in [3.8, 4) is 0 Å². The Hall–Kier alpha value is -0.280. The van der Waals surface area contributed by atoms with E-state index >= 15 is 0 Å². The van der Waals surface area contributed by atoms with Crippen LogP contribution in [0.3, 0.4) is 0 Å². The van der Waals surface area contributed by atoms with Crippen molar-refractivity contribution in [1.82, 2.24) is 4.90 Å². The molecule has 0 N–H and O–H groups in total. The van der Waals surface area contributed by atoms with E-state index in [0.717, 1.165) is 0 Å². The fourth-order valence-electron chi connectivity index (χ4n) is 3.05. The van der Waals surface area contributed by atoms with Gasteiger partial charge in [0, 0.05) is 18.3 Å². The van der Waals surface area contributed by atoms with Crippen LogP contribution in [-0.4, -0.2) is 42.5 Å². The minimum absolute atomic E-state index is 0.0464. The second-order valence-corrected chi connectivity index (χ2v) is 6.60. The van der Waals surface area contributed by atoms with Crippen molar-refractivity contribution in [2.75, 3.05) is 25.6 Å². The SMILES string of the molecule is CC1(C)C(C(=O)N2CCOCC2CCl)C1(C)C. The summed E-state index contributed by atoms with van der Waals surface area (Å²) in [4.78, 5) is 14.5. The van der Waals surface area contributed by atoms with Crippen LogP contribution in [0.25, 0.3) is 0 Å². The highest BCUT2D eigenvalue weighted by molar-refractivity contribution is 6.18. The summed E-state index contributed by atoms with van der Waals surface area (Å²) in [6.07, 6.45) is 0. The molecular weight excluding hydrogens is 238 g/mol. The maximum absolute atomic E-state index is 12.6. The summed E-state index contributed by atoms with van der Waals surface area (Å²) in [6, 6.07) is 0.0464. The standard InChI is InChI=1S/C13H22ClNO2/c1-12(2)10(13(12,3)4)11(16)15-5-6-17-8-9(15)7-14/h9-10H,5-8H2,1-4H3. The Morgan fingerprint density at radius 3 is 2.41 bits per heavy atom. The number of carbonyl (C=O) groups is 1. The monoisotopic (exact) mass is 259 g/mol. The van der Waals surface area contributed by atoms with E-state index in [1.165, 1.54) is 0 Å².